The van der Waals surface area contributed by atoms with Crippen molar-refractivity contribution in [3.8, 4) is 33.5 Å². The number of alkyl halides is 2. The summed E-state index contributed by atoms with van der Waals surface area (Å²) in [5.74, 6) is -2.91. The molecule has 0 bridgehead atoms. The van der Waals surface area contributed by atoms with Crippen LogP contribution in [0.15, 0.2) is 73.7 Å². The first kappa shape index (κ1) is 23.0. The van der Waals surface area contributed by atoms with E-state index in [0.29, 0.717) is 0 Å². The predicted octanol–water partition coefficient (Wildman–Crippen LogP) is 4.32. The van der Waals surface area contributed by atoms with Gasteiger partial charge in [-0.2, -0.15) is 10.2 Å². The molecule has 6 rings (SSSR count). The Bertz CT molecular complexity index is 1580. The van der Waals surface area contributed by atoms with Crippen LogP contribution in [0.1, 0.15) is 18.4 Å². The third-order valence-electron chi connectivity index (χ3n) is 6.57. The van der Waals surface area contributed by atoms with Gasteiger partial charge in [0, 0.05) is 73.0 Å². The molecule has 4 heterocycles. The summed E-state index contributed by atoms with van der Waals surface area (Å²) in [7, 11) is 1.87. The average molecular weight is 500 g/mol. The van der Waals surface area contributed by atoms with Crippen molar-refractivity contribution in [2.75, 3.05) is 0 Å². The zero-order valence-electron chi connectivity index (χ0n) is 20.0. The lowest BCUT2D eigenvalue weighted by Crippen LogP contribution is -2.50. The highest BCUT2D eigenvalue weighted by Gasteiger charge is 2.45. The number of hydrogen-bond donors (Lipinski definition) is 1. The Kier molecular flexibility index (Phi) is 5.51. The van der Waals surface area contributed by atoms with Crippen LogP contribution in [0.3, 0.4) is 0 Å². The van der Waals surface area contributed by atoms with Gasteiger partial charge in [-0.3, -0.25) is 19.4 Å². The van der Waals surface area contributed by atoms with Crippen LogP contribution in [0.2, 0.25) is 0 Å². The Morgan fingerprint density at radius 2 is 1.81 bits per heavy atom. The lowest BCUT2D eigenvalue weighted by atomic mass is 9.88. The molecule has 1 aliphatic rings. The Labute approximate surface area is 211 Å². The van der Waals surface area contributed by atoms with Gasteiger partial charge in [-0.05, 0) is 17.2 Å². The normalized spacial score (nSPS) is 15.0. The van der Waals surface area contributed by atoms with Crippen molar-refractivity contribution < 1.29 is 13.6 Å². The number of nitrogens with one attached hydrogen (secondary N) is 1. The molecule has 5 aromatic rings. The van der Waals surface area contributed by atoms with E-state index in [2.05, 4.69) is 31.5 Å². The van der Waals surface area contributed by atoms with E-state index in [1.54, 1.807) is 35.7 Å². The van der Waals surface area contributed by atoms with Crippen molar-refractivity contribution in [1.29, 1.82) is 0 Å². The molecule has 1 aliphatic carbocycles. The fourth-order valence-electron chi connectivity index (χ4n) is 4.72. The fourth-order valence-corrected chi connectivity index (χ4v) is 4.72. The zero-order chi connectivity index (χ0) is 25.6. The molecule has 1 amide bonds. The van der Waals surface area contributed by atoms with Crippen molar-refractivity contribution in [3.63, 3.8) is 0 Å². The largest absolute Gasteiger partial charge is 0.353 e. The number of halogens is 2. The standard InChI is InChI=1S/C27H23F2N7O/c1-35-15-20(12-32-35)19-9-22(24-14-30-6-7-31-24)26-23(13-33-36(26)16-19)18-4-2-17(3-5-18)8-25(37)34-21-10-27(28,29)11-21/h2-7,9,12-16,21H,8,10-11H2,1H3,(H,34,37). The number of amides is 1. The summed E-state index contributed by atoms with van der Waals surface area (Å²) >= 11 is 0. The zero-order valence-corrected chi connectivity index (χ0v) is 20.0. The molecule has 0 saturated heterocycles. The Morgan fingerprint density at radius 1 is 1.00 bits per heavy atom. The number of carbonyl (C=O) groups is 1. The molecular weight excluding hydrogens is 476 g/mol. The number of carbonyl (C=O) groups excluding carboxylic acids is 1. The van der Waals surface area contributed by atoms with E-state index in [-0.39, 0.29) is 25.2 Å². The van der Waals surface area contributed by atoms with E-state index in [0.717, 1.165) is 44.6 Å². The van der Waals surface area contributed by atoms with E-state index in [9.17, 15) is 13.6 Å². The van der Waals surface area contributed by atoms with Gasteiger partial charge in [0.05, 0.1) is 36.2 Å². The van der Waals surface area contributed by atoms with Crippen LogP contribution in [0.25, 0.3) is 39.0 Å². The number of hydrogen-bond acceptors (Lipinski definition) is 5. The number of fused-ring (bicyclic) bond motifs is 1. The fraction of sp³-hybridized carbons (Fsp3) is 0.222. The lowest BCUT2D eigenvalue weighted by molar-refractivity contribution is -0.128. The van der Waals surface area contributed by atoms with E-state index >= 15 is 0 Å². The number of aryl methyl sites for hydroxylation is 1. The molecule has 1 fully saturated rings. The van der Waals surface area contributed by atoms with Crippen molar-refractivity contribution in [3.05, 3.63) is 79.3 Å². The first-order valence-corrected chi connectivity index (χ1v) is 11.9. The van der Waals surface area contributed by atoms with Crippen molar-refractivity contribution in [1.82, 2.24) is 34.7 Å². The maximum atomic E-state index is 13.0. The lowest BCUT2D eigenvalue weighted by Gasteiger charge is -2.35. The number of aromatic nitrogens is 6. The molecule has 1 N–H and O–H groups in total. The summed E-state index contributed by atoms with van der Waals surface area (Å²) in [5.41, 5.74) is 7.02. The summed E-state index contributed by atoms with van der Waals surface area (Å²) in [6, 6.07) is 9.24. The van der Waals surface area contributed by atoms with Crippen LogP contribution < -0.4 is 5.32 Å². The van der Waals surface area contributed by atoms with Crippen molar-refractivity contribution in [2.45, 2.75) is 31.2 Å². The first-order valence-electron chi connectivity index (χ1n) is 11.9. The minimum absolute atomic E-state index is 0.135. The topological polar surface area (TPSA) is 90.0 Å². The number of nitrogens with zero attached hydrogens (tertiary/aromatic N) is 6. The van der Waals surface area contributed by atoms with Crippen LogP contribution in [-0.4, -0.2) is 47.2 Å². The summed E-state index contributed by atoms with van der Waals surface area (Å²) in [5, 5.41) is 11.6. The smallest absolute Gasteiger partial charge is 0.252 e. The summed E-state index contributed by atoms with van der Waals surface area (Å²) in [4.78, 5) is 21.1. The molecule has 1 aromatic carbocycles. The molecular formula is C27H23F2N7O. The highest BCUT2D eigenvalue weighted by atomic mass is 19.3. The molecule has 8 nitrogen and oxygen atoms in total. The van der Waals surface area contributed by atoms with E-state index < -0.39 is 12.0 Å². The third kappa shape index (κ3) is 4.57. The molecule has 0 unspecified atom stereocenters. The predicted molar refractivity (Wildman–Crippen MR) is 134 cm³/mol. The number of pyridine rings is 1. The molecule has 10 heteroatoms. The quantitative estimate of drug-likeness (QED) is 0.376. The van der Waals surface area contributed by atoms with Gasteiger partial charge in [0.15, 0.2) is 0 Å². The molecule has 4 aromatic heterocycles. The molecule has 37 heavy (non-hydrogen) atoms. The molecule has 0 radical (unpaired) electrons. The Balaban J connectivity index is 1.32. The van der Waals surface area contributed by atoms with E-state index in [4.69, 9.17) is 0 Å². The summed E-state index contributed by atoms with van der Waals surface area (Å²) in [6.45, 7) is 0. The first-order chi connectivity index (χ1) is 17.8. The molecule has 1 saturated carbocycles. The SMILES string of the molecule is Cn1cc(-c2cc(-c3cnccn3)c3c(-c4ccc(CC(=O)NC5CC(F)(F)C5)cc4)cnn3c2)cn1. The van der Waals surface area contributed by atoms with Crippen LogP contribution >= 0.6 is 0 Å². The molecule has 0 atom stereocenters. The molecule has 0 aliphatic heterocycles. The summed E-state index contributed by atoms with van der Waals surface area (Å²) < 4.78 is 29.6. The van der Waals surface area contributed by atoms with Crippen LogP contribution in [-0.2, 0) is 18.3 Å². The second-order valence-electron chi connectivity index (χ2n) is 9.39. The van der Waals surface area contributed by atoms with Crippen LogP contribution in [0.4, 0.5) is 8.78 Å². The number of benzene rings is 1. The van der Waals surface area contributed by atoms with Gasteiger partial charge < -0.3 is 5.32 Å². The van der Waals surface area contributed by atoms with Gasteiger partial charge in [0.1, 0.15) is 0 Å². The van der Waals surface area contributed by atoms with Gasteiger partial charge in [-0.1, -0.05) is 24.3 Å². The summed E-state index contributed by atoms with van der Waals surface area (Å²) in [6.07, 6.45) is 12.1. The van der Waals surface area contributed by atoms with Crippen LogP contribution in [0, 0.1) is 0 Å². The van der Waals surface area contributed by atoms with Gasteiger partial charge in [0.2, 0.25) is 5.91 Å². The maximum absolute atomic E-state index is 13.0. The second-order valence-corrected chi connectivity index (χ2v) is 9.39. The monoisotopic (exact) mass is 499 g/mol. The maximum Gasteiger partial charge on any atom is 0.252 e. The molecule has 0 spiro atoms. The highest BCUT2D eigenvalue weighted by molar-refractivity contribution is 5.93. The third-order valence-corrected chi connectivity index (χ3v) is 6.57. The number of rotatable bonds is 6. The average Bonchev–Trinajstić information content (AvgIpc) is 3.50. The van der Waals surface area contributed by atoms with Gasteiger partial charge in [0.25, 0.3) is 5.92 Å². The van der Waals surface area contributed by atoms with Crippen LogP contribution in [0.5, 0.6) is 0 Å². The van der Waals surface area contributed by atoms with Gasteiger partial charge in [-0.15, -0.1) is 0 Å². The minimum Gasteiger partial charge on any atom is -0.353 e. The second kappa shape index (κ2) is 8.88. The van der Waals surface area contributed by atoms with E-state index in [1.807, 2.05) is 48.2 Å². The Hall–Kier alpha value is -4.47. The Morgan fingerprint density at radius 3 is 2.49 bits per heavy atom. The molecule has 186 valence electrons. The highest BCUT2D eigenvalue weighted by Crippen LogP contribution is 2.37. The van der Waals surface area contributed by atoms with Gasteiger partial charge in [-0.25, -0.2) is 13.3 Å². The minimum atomic E-state index is -2.66. The van der Waals surface area contributed by atoms with Crippen molar-refractivity contribution >= 4 is 11.4 Å². The van der Waals surface area contributed by atoms with E-state index in [1.165, 1.54) is 0 Å². The van der Waals surface area contributed by atoms with Crippen molar-refractivity contribution in [2.24, 2.45) is 7.05 Å². The van der Waals surface area contributed by atoms with Gasteiger partial charge >= 0.3 is 0 Å².